The van der Waals surface area contributed by atoms with E-state index in [9.17, 15) is 9.59 Å². The third-order valence-electron chi connectivity index (χ3n) is 4.21. The molecule has 0 atom stereocenters. The number of aromatic amines is 1. The lowest BCUT2D eigenvalue weighted by Gasteiger charge is -2.10. The number of carbonyl (C=O) groups excluding carboxylic acids is 2. The van der Waals surface area contributed by atoms with E-state index in [0.717, 1.165) is 27.5 Å². The van der Waals surface area contributed by atoms with Crippen molar-refractivity contribution in [1.82, 2.24) is 20.8 Å². The van der Waals surface area contributed by atoms with E-state index >= 15 is 0 Å². The van der Waals surface area contributed by atoms with E-state index in [-0.39, 0.29) is 11.8 Å². The SMILES string of the molecule is Cc1cc(C(=O)NNC(=O)c2c[nH]c3ccccc23)c2ccccc2n1. The van der Waals surface area contributed by atoms with E-state index in [1.807, 2.05) is 55.5 Å². The molecule has 0 fully saturated rings. The lowest BCUT2D eigenvalue weighted by atomic mass is 10.1. The molecule has 26 heavy (non-hydrogen) atoms. The van der Waals surface area contributed by atoms with Crippen LogP contribution < -0.4 is 10.9 Å². The zero-order valence-electron chi connectivity index (χ0n) is 14.0. The van der Waals surface area contributed by atoms with Gasteiger partial charge in [0.1, 0.15) is 0 Å². The summed E-state index contributed by atoms with van der Waals surface area (Å²) in [5, 5.41) is 1.53. The van der Waals surface area contributed by atoms with Crippen LogP contribution in [-0.4, -0.2) is 21.8 Å². The number of hydrogen-bond donors (Lipinski definition) is 3. The summed E-state index contributed by atoms with van der Waals surface area (Å²) >= 11 is 0. The fourth-order valence-electron chi connectivity index (χ4n) is 3.00. The number of rotatable bonds is 2. The van der Waals surface area contributed by atoms with Crippen LogP contribution in [0.5, 0.6) is 0 Å². The van der Waals surface area contributed by atoms with E-state index in [4.69, 9.17) is 0 Å². The van der Waals surface area contributed by atoms with Crippen molar-refractivity contribution < 1.29 is 9.59 Å². The molecule has 0 saturated heterocycles. The summed E-state index contributed by atoms with van der Waals surface area (Å²) in [6.45, 7) is 1.83. The molecule has 0 spiro atoms. The number of fused-ring (bicyclic) bond motifs is 2. The van der Waals surface area contributed by atoms with Gasteiger partial charge in [-0.15, -0.1) is 0 Å². The summed E-state index contributed by atoms with van der Waals surface area (Å²) in [7, 11) is 0. The Morgan fingerprint density at radius 2 is 1.54 bits per heavy atom. The summed E-state index contributed by atoms with van der Waals surface area (Å²) in [5.74, 6) is -0.772. The van der Waals surface area contributed by atoms with Gasteiger partial charge in [-0.2, -0.15) is 0 Å². The number of H-pyrrole nitrogens is 1. The summed E-state index contributed by atoms with van der Waals surface area (Å²) in [4.78, 5) is 32.5. The average Bonchev–Trinajstić information content (AvgIpc) is 3.09. The topological polar surface area (TPSA) is 86.9 Å². The van der Waals surface area contributed by atoms with Crippen molar-refractivity contribution in [3.05, 3.63) is 77.6 Å². The number of nitrogens with zero attached hydrogens (tertiary/aromatic N) is 1. The molecule has 3 N–H and O–H groups in total. The van der Waals surface area contributed by atoms with E-state index in [1.165, 1.54) is 0 Å². The highest BCUT2D eigenvalue weighted by Crippen LogP contribution is 2.19. The van der Waals surface area contributed by atoms with Gasteiger partial charge in [-0.1, -0.05) is 36.4 Å². The maximum Gasteiger partial charge on any atom is 0.271 e. The number of carbonyl (C=O) groups is 2. The van der Waals surface area contributed by atoms with Crippen LogP contribution in [0.4, 0.5) is 0 Å². The van der Waals surface area contributed by atoms with E-state index in [2.05, 4.69) is 20.8 Å². The van der Waals surface area contributed by atoms with Crippen molar-refractivity contribution in [3.8, 4) is 0 Å². The molecule has 4 aromatic rings. The molecule has 0 radical (unpaired) electrons. The minimum Gasteiger partial charge on any atom is -0.360 e. The number of benzene rings is 2. The Morgan fingerprint density at radius 3 is 2.35 bits per heavy atom. The molecule has 128 valence electrons. The van der Waals surface area contributed by atoms with E-state index < -0.39 is 0 Å². The Hall–Kier alpha value is -3.67. The number of hydrazine groups is 1. The van der Waals surface area contributed by atoms with Crippen LogP contribution in [0.3, 0.4) is 0 Å². The van der Waals surface area contributed by atoms with Crippen molar-refractivity contribution in [1.29, 1.82) is 0 Å². The zero-order chi connectivity index (χ0) is 18.1. The van der Waals surface area contributed by atoms with Crippen molar-refractivity contribution in [2.24, 2.45) is 0 Å². The molecular weight excluding hydrogens is 328 g/mol. The first-order chi connectivity index (χ1) is 12.6. The van der Waals surface area contributed by atoms with Crippen LogP contribution in [0.1, 0.15) is 26.4 Å². The molecule has 6 heteroatoms. The third-order valence-corrected chi connectivity index (χ3v) is 4.21. The van der Waals surface area contributed by atoms with Gasteiger partial charge in [0.15, 0.2) is 0 Å². The Morgan fingerprint density at radius 1 is 0.885 bits per heavy atom. The van der Waals surface area contributed by atoms with Gasteiger partial charge < -0.3 is 4.98 Å². The molecule has 2 heterocycles. The van der Waals surface area contributed by atoms with Crippen LogP contribution >= 0.6 is 0 Å². The minimum absolute atomic E-state index is 0.383. The molecule has 0 aliphatic rings. The molecule has 2 amide bonds. The standard InChI is InChI=1S/C20H16N4O2/c1-12-10-15(13-6-3-5-9-18(13)22-12)19(25)23-24-20(26)16-11-21-17-8-4-2-7-14(16)17/h2-11,21H,1H3,(H,23,25)(H,24,26). The molecule has 4 rings (SSSR count). The molecule has 0 aliphatic carbocycles. The van der Waals surface area contributed by atoms with Crippen LogP contribution in [-0.2, 0) is 0 Å². The first kappa shape index (κ1) is 15.8. The third kappa shape index (κ3) is 2.77. The van der Waals surface area contributed by atoms with E-state index in [0.29, 0.717) is 11.1 Å². The Balaban J connectivity index is 1.57. The van der Waals surface area contributed by atoms with E-state index in [1.54, 1.807) is 12.3 Å². The average molecular weight is 344 g/mol. The predicted octanol–water partition coefficient (Wildman–Crippen LogP) is 3.10. The van der Waals surface area contributed by atoms with Gasteiger partial charge >= 0.3 is 0 Å². The molecule has 0 unspecified atom stereocenters. The van der Waals surface area contributed by atoms with Gasteiger partial charge in [-0.3, -0.25) is 25.4 Å². The van der Waals surface area contributed by atoms with Crippen molar-refractivity contribution >= 4 is 33.6 Å². The van der Waals surface area contributed by atoms with Crippen LogP contribution in [0.2, 0.25) is 0 Å². The van der Waals surface area contributed by atoms with Gasteiger partial charge in [0, 0.05) is 28.2 Å². The highest BCUT2D eigenvalue weighted by molar-refractivity contribution is 6.09. The number of amides is 2. The molecule has 6 nitrogen and oxygen atoms in total. The second-order valence-electron chi connectivity index (χ2n) is 5.98. The molecule has 2 aromatic heterocycles. The number of aromatic nitrogens is 2. The van der Waals surface area contributed by atoms with Crippen LogP contribution in [0, 0.1) is 6.92 Å². The maximum absolute atomic E-state index is 12.6. The Kier molecular flexibility index (Phi) is 3.85. The van der Waals surface area contributed by atoms with Crippen molar-refractivity contribution in [2.45, 2.75) is 6.92 Å². The largest absolute Gasteiger partial charge is 0.360 e. The van der Waals surface area contributed by atoms with Gasteiger partial charge in [-0.25, -0.2) is 0 Å². The number of nitrogens with one attached hydrogen (secondary N) is 3. The van der Waals surface area contributed by atoms with Crippen LogP contribution in [0.15, 0.2) is 60.8 Å². The zero-order valence-corrected chi connectivity index (χ0v) is 14.0. The molecule has 2 aromatic carbocycles. The van der Waals surface area contributed by atoms with Gasteiger partial charge in [-0.05, 0) is 25.1 Å². The smallest absolute Gasteiger partial charge is 0.271 e. The number of aryl methyl sites for hydroxylation is 1. The normalized spacial score (nSPS) is 10.8. The number of para-hydroxylation sites is 2. The Labute approximate surface area is 149 Å². The minimum atomic E-state index is -0.389. The highest BCUT2D eigenvalue weighted by Gasteiger charge is 2.15. The lowest BCUT2D eigenvalue weighted by molar-refractivity contribution is 0.0848. The monoisotopic (exact) mass is 344 g/mol. The Bertz CT molecular complexity index is 1150. The fourth-order valence-corrected chi connectivity index (χ4v) is 3.00. The quantitative estimate of drug-likeness (QED) is 0.488. The number of hydrogen-bond acceptors (Lipinski definition) is 3. The molecular formula is C20H16N4O2. The lowest BCUT2D eigenvalue weighted by Crippen LogP contribution is -2.41. The second-order valence-corrected chi connectivity index (χ2v) is 5.98. The summed E-state index contributed by atoms with van der Waals surface area (Å²) < 4.78 is 0. The van der Waals surface area contributed by atoms with Gasteiger partial charge in [0.05, 0.1) is 16.6 Å². The summed E-state index contributed by atoms with van der Waals surface area (Å²) in [6.07, 6.45) is 1.62. The first-order valence-electron chi connectivity index (χ1n) is 8.16. The van der Waals surface area contributed by atoms with Gasteiger partial charge in [0.2, 0.25) is 0 Å². The predicted molar refractivity (Wildman–Crippen MR) is 99.7 cm³/mol. The fraction of sp³-hybridized carbons (Fsp3) is 0.0500. The summed E-state index contributed by atoms with van der Waals surface area (Å²) in [6, 6.07) is 16.6. The molecule has 0 bridgehead atoms. The van der Waals surface area contributed by atoms with Gasteiger partial charge in [0.25, 0.3) is 11.8 Å². The summed E-state index contributed by atoms with van der Waals surface area (Å²) in [5.41, 5.74) is 8.24. The first-order valence-corrected chi connectivity index (χ1v) is 8.16. The van der Waals surface area contributed by atoms with Crippen molar-refractivity contribution in [2.75, 3.05) is 0 Å². The van der Waals surface area contributed by atoms with Crippen molar-refractivity contribution in [3.63, 3.8) is 0 Å². The highest BCUT2D eigenvalue weighted by atomic mass is 16.2. The van der Waals surface area contributed by atoms with Crippen LogP contribution in [0.25, 0.3) is 21.8 Å². The second kappa shape index (κ2) is 6.33. The number of pyridine rings is 1. The molecule has 0 aliphatic heterocycles. The maximum atomic E-state index is 12.6. The molecule has 0 saturated carbocycles.